The van der Waals surface area contributed by atoms with E-state index in [0.29, 0.717) is 19.4 Å². The number of benzene rings is 1. The highest BCUT2D eigenvalue weighted by Crippen LogP contribution is 2.34. The summed E-state index contributed by atoms with van der Waals surface area (Å²) in [6, 6.07) is 7.60. The van der Waals surface area contributed by atoms with E-state index < -0.39 is 11.7 Å². The molecule has 5 nitrogen and oxygen atoms in total. The number of amides is 2. The fraction of sp³-hybridized carbons (Fsp3) is 0.632. The van der Waals surface area contributed by atoms with Gasteiger partial charge in [0.1, 0.15) is 5.60 Å². The molecule has 1 aliphatic rings. The number of aliphatic hydroxyl groups excluding tert-OH is 1. The maximum Gasteiger partial charge on any atom is 0.314 e. The van der Waals surface area contributed by atoms with Crippen molar-refractivity contribution in [1.82, 2.24) is 10.6 Å². The van der Waals surface area contributed by atoms with Gasteiger partial charge in [0.2, 0.25) is 0 Å². The average molecular weight is 334 g/mol. The van der Waals surface area contributed by atoms with Gasteiger partial charge in [-0.3, -0.25) is 0 Å². The lowest BCUT2D eigenvalue weighted by atomic mass is 9.79. The van der Waals surface area contributed by atoms with E-state index in [1.807, 2.05) is 38.1 Å². The van der Waals surface area contributed by atoms with Gasteiger partial charge in [0.05, 0.1) is 12.6 Å². The zero-order valence-electron chi connectivity index (χ0n) is 14.9. The van der Waals surface area contributed by atoms with E-state index in [4.69, 9.17) is 0 Å². The number of fused-ring (bicyclic) bond motifs is 1. The molecular formula is C19H30N2O3. The van der Waals surface area contributed by atoms with E-state index in [1.165, 1.54) is 0 Å². The van der Waals surface area contributed by atoms with E-state index in [-0.39, 0.29) is 18.0 Å². The van der Waals surface area contributed by atoms with Crippen LogP contribution >= 0.6 is 0 Å². The molecule has 0 aliphatic heterocycles. The summed E-state index contributed by atoms with van der Waals surface area (Å²) in [5, 5.41) is 26.1. The molecule has 24 heavy (non-hydrogen) atoms. The molecule has 2 rings (SSSR count). The van der Waals surface area contributed by atoms with Crippen LogP contribution in [-0.4, -0.2) is 35.4 Å². The third kappa shape index (κ3) is 4.95. The fourth-order valence-electron chi connectivity index (χ4n) is 3.56. The van der Waals surface area contributed by atoms with Gasteiger partial charge in [-0.25, -0.2) is 4.79 Å². The first-order valence-electron chi connectivity index (χ1n) is 8.72. The lowest BCUT2D eigenvalue weighted by Crippen LogP contribution is -2.48. The normalized spacial score (nSPS) is 21.7. The van der Waals surface area contributed by atoms with Crippen LogP contribution in [0, 0.1) is 5.41 Å². The quantitative estimate of drug-likeness (QED) is 0.644. The van der Waals surface area contributed by atoms with Gasteiger partial charge in [0.25, 0.3) is 0 Å². The second-order valence-corrected chi connectivity index (χ2v) is 7.80. The Morgan fingerprint density at radius 2 is 2.04 bits per heavy atom. The lowest BCUT2D eigenvalue weighted by Gasteiger charge is -2.35. The summed E-state index contributed by atoms with van der Waals surface area (Å²) in [7, 11) is 0. The number of rotatable bonds is 6. The summed E-state index contributed by atoms with van der Waals surface area (Å²) >= 11 is 0. The van der Waals surface area contributed by atoms with Crippen LogP contribution in [0.3, 0.4) is 0 Å². The topological polar surface area (TPSA) is 81.6 Å². The van der Waals surface area contributed by atoms with Crippen molar-refractivity contribution in [1.29, 1.82) is 0 Å². The van der Waals surface area contributed by atoms with Crippen LogP contribution in [0.2, 0.25) is 0 Å². The Morgan fingerprint density at radius 3 is 2.75 bits per heavy atom. The molecule has 5 heteroatoms. The highest BCUT2D eigenvalue weighted by atomic mass is 16.3. The smallest absolute Gasteiger partial charge is 0.314 e. The second-order valence-electron chi connectivity index (χ2n) is 7.80. The van der Waals surface area contributed by atoms with Crippen molar-refractivity contribution in [3.8, 4) is 0 Å². The predicted molar refractivity (Wildman–Crippen MR) is 94.8 cm³/mol. The van der Waals surface area contributed by atoms with Crippen LogP contribution in [0.5, 0.6) is 0 Å². The highest BCUT2D eigenvalue weighted by Gasteiger charge is 2.34. The minimum Gasteiger partial charge on any atom is -0.393 e. The maximum atomic E-state index is 12.1. The first-order chi connectivity index (χ1) is 11.2. The van der Waals surface area contributed by atoms with Crippen LogP contribution < -0.4 is 10.6 Å². The molecule has 0 bridgehead atoms. The third-order valence-corrected chi connectivity index (χ3v) is 4.67. The molecule has 0 heterocycles. The van der Waals surface area contributed by atoms with E-state index in [0.717, 1.165) is 24.0 Å². The molecule has 1 aromatic rings. The fourth-order valence-corrected chi connectivity index (χ4v) is 3.56. The largest absolute Gasteiger partial charge is 0.393 e. The Hall–Kier alpha value is -1.59. The second kappa shape index (κ2) is 7.53. The average Bonchev–Trinajstić information content (AvgIpc) is 2.50. The van der Waals surface area contributed by atoms with Crippen molar-refractivity contribution in [3.63, 3.8) is 0 Å². The highest BCUT2D eigenvalue weighted by molar-refractivity contribution is 5.74. The molecule has 1 aromatic carbocycles. The number of carbonyl (C=O) groups is 1. The number of urea groups is 1. The molecule has 0 aromatic heterocycles. The lowest BCUT2D eigenvalue weighted by molar-refractivity contribution is 0.0216. The number of hydrogen-bond donors (Lipinski definition) is 4. The first-order valence-corrected chi connectivity index (χ1v) is 8.72. The van der Waals surface area contributed by atoms with Crippen molar-refractivity contribution < 1.29 is 15.0 Å². The van der Waals surface area contributed by atoms with Crippen molar-refractivity contribution in [2.45, 2.75) is 58.2 Å². The van der Waals surface area contributed by atoms with Crippen molar-refractivity contribution in [2.75, 3.05) is 13.1 Å². The van der Waals surface area contributed by atoms with Crippen LogP contribution in [0.1, 0.15) is 51.2 Å². The summed E-state index contributed by atoms with van der Waals surface area (Å²) in [5.74, 6) is 0. The van der Waals surface area contributed by atoms with Crippen LogP contribution in [0.4, 0.5) is 4.79 Å². The molecule has 0 saturated heterocycles. The van der Waals surface area contributed by atoms with Gasteiger partial charge in [-0.15, -0.1) is 0 Å². The van der Waals surface area contributed by atoms with E-state index in [1.54, 1.807) is 6.92 Å². The monoisotopic (exact) mass is 334 g/mol. The maximum absolute atomic E-state index is 12.1. The van der Waals surface area contributed by atoms with Crippen molar-refractivity contribution >= 4 is 6.03 Å². The van der Waals surface area contributed by atoms with Gasteiger partial charge < -0.3 is 20.8 Å². The summed E-state index contributed by atoms with van der Waals surface area (Å²) in [5.41, 5.74) is 0.902. The number of carbonyl (C=O) groups excluding carboxylic acids is 1. The number of aryl methyl sites for hydroxylation is 1. The number of hydrogen-bond acceptors (Lipinski definition) is 3. The standard InChI is InChI=1S/C19H30N2O3/c1-14(22)11-18(2,3)12-20-17(23)21-13-19(24)10-6-8-15-7-4-5-9-16(15)19/h4-5,7,9,14,22,24H,6,8,10-13H2,1-3H3,(H2,20,21,23). The summed E-state index contributed by atoms with van der Waals surface area (Å²) in [6.07, 6.45) is 2.75. The summed E-state index contributed by atoms with van der Waals surface area (Å²) in [4.78, 5) is 12.1. The Morgan fingerprint density at radius 1 is 1.33 bits per heavy atom. The SMILES string of the molecule is CC(O)CC(C)(C)CNC(=O)NCC1(O)CCCc2ccccc21. The number of nitrogens with one attached hydrogen (secondary N) is 2. The Kier molecular flexibility index (Phi) is 5.88. The molecule has 0 saturated carbocycles. The molecule has 0 fully saturated rings. The minimum atomic E-state index is -0.999. The first kappa shape index (κ1) is 18.7. The molecule has 0 spiro atoms. The van der Waals surface area contributed by atoms with E-state index in [9.17, 15) is 15.0 Å². The summed E-state index contributed by atoms with van der Waals surface area (Å²) in [6.45, 7) is 6.43. The van der Waals surface area contributed by atoms with Crippen molar-refractivity contribution in [2.24, 2.45) is 5.41 Å². The van der Waals surface area contributed by atoms with Crippen LogP contribution in [-0.2, 0) is 12.0 Å². The van der Waals surface area contributed by atoms with E-state index in [2.05, 4.69) is 10.6 Å². The zero-order valence-corrected chi connectivity index (χ0v) is 14.9. The van der Waals surface area contributed by atoms with Crippen LogP contribution in [0.15, 0.2) is 24.3 Å². The zero-order chi connectivity index (χ0) is 17.8. The molecule has 134 valence electrons. The molecule has 0 radical (unpaired) electrons. The number of aliphatic hydroxyl groups is 2. The third-order valence-electron chi connectivity index (χ3n) is 4.67. The van der Waals surface area contributed by atoms with E-state index >= 15 is 0 Å². The summed E-state index contributed by atoms with van der Waals surface area (Å²) < 4.78 is 0. The molecule has 1 aliphatic carbocycles. The van der Waals surface area contributed by atoms with Gasteiger partial charge in [0, 0.05) is 6.54 Å². The molecular weight excluding hydrogens is 304 g/mol. The Bertz CT molecular complexity index is 571. The predicted octanol–water partition coefficient (Wildman–Crippen LogP) is 2.31. The van der Waals surface area contributed by atoms with Gasteiger partial charge in [-0.1, -0.05) is 38.1 Å². The minimum absolute atomic E-state index is 0.181. The molecule has 2 unspecified atom stereocenters. The van der Waals surface area contributed by atoms with Gasteiger partial charge >= 0.3 is 6.03 Å². The van der Waals surface area contributed by atoms with Crippen molar-refractivity contribution in [3.05, 3.63) is 35.4 Å². The molecule has 2 atom stereocenters. The van der Waals surface area contributed by atoms with Crippen LogP contribution in [0.25, 0.3) is 0 Å². The van der Waals surface area contributed by atoms with Gasteiger partial charge in [-0.2, -0.15) is 0 Å². The molecule has 2 amide bonds. The Labute approximate surface area is 144 Å². The van der Waals surface area contributed by atoms with Gasteiger partial charge in [0.15, 0.2) is 0 Å². The Balaban J connectivity index is 1.88. The molecule has 4 N–H and O–H groups in total. The van der Waals surface area contributed by atoms with Gasteiger partial charge in [-0.05, 0) is 49.1 Å².